The van der Waals surface area contributed by atoms with E-state index in [9.17, 15) is 0 Å². The first-order valence-electron chi connectivity index (χ1n) is 8.44. The fourth-order valence-corrected chi connectivity index (χ4v) is 3.69. The summed E-state index contributed by atoms with van der Waals surface area (Å²) in [4.78, 5) is 7.97. The van der Waals surface area contributed by atoms with Gasteiger partial charge in [0.05, 0.1) is 7.11 Å². The Balaban J connectivity index is 1.28. The van der Waals surface area contributed by atoms with Crippen molar-refractivity contribution in [2.75, 3.05) is 38.2 Å². The first kappa shape index (κ1) is 15.8. The molecule has 1 aliphatic heterocycles. The monoisotopic (exact) mass is 346 g/mol. The third kappa shape index (κ3) is 3.84. The van der Waals surface area contributed by atoms with Gasteiger partial charge < -0.3 is 14.2 Å². The van der Waals surface area contributed by atoms with Gasteiger partial charge in [0.15, 0.2) is 5.82 Å². The highest BCUT2D eigenvalue weighted by Crippen LogP contribution is 2.32. The maximum Gasteiger partial charge on any atom is 0.324 e. The molecule has 4 rings (SSSR count). The predicted octanol–water partition coefficient (Wildman–Crippen LogP) is 2.86. The van der Waals surface area contributed by atoms with Crippen molar-refractivity contribution in [1.29, 1.82) is 0 Å². The van der Waals surface area contributed by atoms with Gasteiger partial charge in [-0.25, -0.2) is 4.31 Å². The minimum absolute atomic E-state index is 0.680. The summed E-state index contributed by atoms with van der Waals surface area (Å²) in [6, 6.07) is 8.87. The lowest BCUT2D eigenvalue weighted by molar-refractivity contribution is 0.371. The van der Waals surface area contributed by atoms with E-state index in [1.165, 1.54) is 17.7 Å². The molecule has 0 amide bonds. The largest absolute Gasteiger partial charge is 0.497 e. The first-order chi connectivity index (χ1) is 11.8. The molecule has 128 valence electrons. The van der Waals surface area contributed by atoms with Crippen LogP contribution in [-0.4, -0.2) is 47.7 Å². The van der Waals surface area contributed by atoms with Gasteiger partial charge in [0, 0.05) is 37.5 Å². The van der Waals surface area contributed by atoms with E-state index >= 15 is 0 Å². The molecule has 2 aromatic rings. The summed E-state index contributed by atoms with van der Waals surface area (Å²) < 4.78 is 13.0. The molecular formula is C17H22N4O2S. The molecule has 7 heteroatoms. The fourth-order valence-electron chi connectivity index (χ4n) is 2.79. The van der Waals surface area contributed by atoms with Crippen LogP contribution in [0.3, 0.4) is 0 Å². The Bertz CT molecular complexity index is 663. The average Bonchev–Trinajstić information content (AvgIpc) is 3.31. The van der Waals surface area contributed by atoms with Crippen molar-refractivity contribution in [2.45, 2.75) is 24.2 Å². The zero-order chi connectivity index (χ0) is 16.4. The van der Waals surface area contributed by atoms with Crippen LogP contribution < -0.4 is 9.64 Å². The van der Waals surface area contributed by atoms with E-state index in [0.29, 0.717) is 6.01 Å². The zero-order valence-corrected chi connectivity index (χ0v) is 14.7. The van der Waals surface area contributed by atoms with Gasteiger partial charge >= 0.3 is 6.01 Å². The second-order valence-corrected chi connectivity index (χ2v) is 7.49. The van der Waals surface area contributed by atoms with Crippen molar-refractivity contribution in [3.8, 4) is 5.75 Å². The normalized spacial score (nSPS) is 18.8. The minimum Gasteiger partial charge on any atom is -0.497 e. The van der Waals surface area contributed by atoms with E-state index in [0.717, 1.165) is 50.1 Å². The van der Waals surface area contributed by atoms with Crippen LogP contribution in [-0.2, 0) is 6.42 Å². The van der Waals surface area contributed by atoms with E-state index in [2.05, 4.69) is 31.5 Å². The van der Waals surface area contributed by atoms with E-state index in [1.807, 2.05) is 12.1 Å². The van der Waals surface area contributed by atoms with Crippen LogP contribution in [0.2, 0.25) is 0 Å². The molecule has 0 unspecified atom stereocenters. The number of aromatic nitrogens is 2. The van der Waals surface area contributed by atoms with E-state index in [1.54, 1.807) is 19.1 Å². The third-order valence-electron chi connectivity index (χ3n) is 4.43. The number of anilines is 1. The smallest absolute Gasteiger partial charge is 0.324 e. The van der Waals surface area contributed by atoms with Crippen molar-refractivity contribution in [3.05, 3.63) is 30.1 Å². The van der Waals surface area contributed by atoms with Gasteiger partial charge in [0.25, 0.3) is 0 Å². The molecule has 6 nitrogen and oxygen atoms in total. The lowest BCUT2D eigenvalue weighted by atomic mass is 10.3. The quantitative estimate of drug-likeness (QED) is 0.746. The van der Waals surface area contributed by atoms with Gasteiger partial charge in [-0.1, -0.05) is 5.16 Å². The molecule has 0 spiro atoms. The van der Waals surface area contributed by atoms with Crippen molar-refractivity contribution >= 4 is 18.0 Å². The van der Waals surface area contributed by atoms with Gasteiger partial charge in [-0.15, -0.1) is 0 Å². The van der Waals surface area contributed by atoms with Crippen molar-refractivity contribution < 1.29 is 9.26 Å². The molecule has 1 saturated carbocycles. The molecule has 0 N–H and O–H groups in total. The number of benzene rings is 1. The maximum atomic E-state index is 5.44. The van der Waals surface area contributed by atoms with Gasteiger partial charge in [0.1, 0.15) is 5.75 Å². The molecule has 1 saturated heterocycles. The molecule has 2 fully saturated rings. The Morgan fingerprint density at radius 3 is 2.58 bits per heavy atom. The van der Waals surface area contributed by atoms with E-state index < -0.39 is 0 Å². The van der Waals surface area contributed by atoms with Gasteiger partial charge in [-0.2, -0.15) is 4.98 Å². The average molecular weight is 346 g/mol. The lowest BCUT2D eigenvalue weighted by Gasteiger charge is -2.32. The number of hydrogen-bond donors (Lipinski definition) is 0. The van der Waals surface area contributed by atoms with Crippen LogP contribution in [0.15, 0.2) is 33.7 Å². The highest BCUT2D eigenvalue weighted by Gasteiger charge is 2.26. The summed E-state index contributed by atoms with van der Waals surface area (Å²) in [7, 11) is 1.69. The van der Waals surface area contributed by atoms with Crippen LogP contribution in [0.4, 0.5) is 6.01 Å². The van der Waals surface area contributed by atoms with Crippen LogP contribution >= 0.6 is 11.9 Å². The zero-order valence-electron chi connectivity index (χ0n) is 13.9. The van der Waals surface area contributed by atoms with Crippen molar-refractivity contribution in [2.24, 2.45) is 5.92 Å². The number of piperazine rings is 1. The third-order valence-corrected chi connectivity index (χ3v) is 5.53. The molecule has 2 heterocycles. The molecular weight excluding hydrogens is 324 g/mol. The number of rotatable bonds is 6. The molecule has 0 radical (unpaired) electrons. The van der Waals surface area contributed by atoms with Crippen molar-refractivity contribution in [1.82, 2.24) is 14.4 Å². The molecule has 24 heavy (non-hydrogen) atoms. The lowest BCUT2D eigenvalue weighted by Crippen LogP contribution is -2.43. The first-order valence-corrected chi connectivity index (χ1v) is 9.22. The number of hydrogen-bond acceptors (Lipinski definition) is 7. The summed E-state index contributed by atoms with van der Waals surface area (Å²) in [5, 5.41) is 4.12. The Morgan fingerprint density at radius 2 is 1.92 bits per heavy atom. The molecule has 0 atom stereocenters. The Kier molecular flexibility index (Phi) is 4.62. The summed E-state index contributed by atoms with van der Waals surface area (Å²) in [6.07, 6.45) is 3.59. The second-order valence-electron chi connectivity index (χ2n) is 6.32. The Morgan fingerprint density at radius 1 is 1.17 bits per heavy atom. The molecule has 1 aromatic carbocycles. The molecule has 1 aliphatic carbocycles. The van der Waals surface area contributed by atoms with Crippen LogP contribution in [0.5, 0.6) is 5.75 Å². The number of methoxy groups -OCH3 is 1. The standard InChI is InChI=1S/C17H22N4O2S/c1-22-14-4-6-15(7-5-14)24-21-10-8-20(9-11-21)17-18-16(19-23-17)12-13-2-3-13/h4-7,13H,2-3,8-12H2,1H3. The summed E-state index contributed by atoms with van der Waals surface area (Å²) in [6.45, 7) is 3.76. The minimum atomic E-state index is 0.680. The van der Waals surface area contributed by atoms with Gasteiger partial charge in [-0.05, 0) is 55.0 Å². The van der Waals surface area contributed by atoms with E-state index in [-0.39, 0.29) is 0 Å². The van der Waals surface area contributed by atoms with Crippen LogP contribution in [0.1, 0.15) is 18.7 Å². The van der Waals surface area contributed by atoms with Gasteiger partial charge in [0.2, 0.25) is 0 Å². The molecule has 0 bridgehead atoms. The maximum absolute atomic E-state index is 5.44. The predicted molar refractivity (Wildman–Crippen MR) is 93.4 cm³/mol. The summed E-state index contributed by atoms with van der Waals surface area (Å²) in [5.41, 5.74) is 0. The highest BCUT2D eigenvalue weighted by molar-refractivity contribution is 7.97. The highest BCUT2D eigenvalue weighted by atomic mass is 32.2. The second kappa shape index (κ2) is 7.03. The topological polar surface area (TPSA) is 54.6 Å². The summed E-state index contributed by atoms with van der Waals surface area (Å²) >= 11 is 1.79. The van der Waals surface area contributed by atoms with Crippen molar-refractivity contribution in [3.63, 3.8) is 0 Å². The molecule has 2 aliphatic rings. The number of nitrogens with zero attached hydrogens (tertiary/aromatic N) is 4. The van der Waals surface area contributed by atoms with Crippen LogP contribution in [0, 0.1) is 5.92 Å². The Hall–Kier alpha value is -1.73. The molecule has 1 aromatic heterocycles. The Labute approximate surface area is 146 Å². The SMILES string of the molecule is COc1ccc(SN2CCN(c3nc(CC4CC4)no3)CC2)cc1. The van der Waals surface area contributed by atoms with Gasteiger partial charge in [-0.3, -0.25) is 0 Å². The van der Waals surface area contributed by atoms with E-state index in [4.69, 9.17) is 9.26 Å². The van der Waals surface area contributed by atoms with Crippen LogP contribution in [0.25, 0.3) is 0 Å². The summed E-state index contributed by atoms with van der Waals surface area (Å²) in [5.74, 6) is 2.54. The fraction of sp³-hybridized carbons (Fsp3) is 0.529. The number of ether oxygens (including phenoxy) is 1.